The van der Waals surface area contributed by atoms with Gasteiger partial charge in [0.05, 0.1) is 46.0 Å². The summed E-state index contributed by atoms with van der Waals surface area (Å²) in [5.41, 5.74) is 4.97. The van der Waals surface area contributed by atoms with Crippen LogP contribution in [0.4, 0.5) is 30.7 Å². The number of amides is 1. The van der Waals surface area contributed by atoms with E-state index in [4.69, 9.17) is 14.2 Å². The number of allylic oxidation sites excluding steroid dienone is 3. The molecule has 1 amide bonds. The Morgan fingerprint density at radius 2 is 0.798 bits per heavy atom. The van der Waals surface area contributed by atoms with Gasteiger partial charge in [-0.15, -0.1) is 0 Å². The smallest absolute Gasteiger partial charge is 0.416 e. The van der Waals surface area contributed by atoms with Crippen LogP contribution < -0.4 is 5.32 Å². The summed E-state index contributed by atoms with van der Waals surface area (Å²) in [5, 5.41) is 3.28. The summed E-state index contributed by atoms with van der Waals surface area (Å²) in [6, 6.07) is 28.5. The Balaban J connectivity index is 0.000000132. The van der Waals surface area contributed by atoms with Gasteiger partial charge in [-0.25, -0.2) is 4.39 Å². The minimum atomic E-state index is -4.37. The van der Waals surface area contributed by atoms with Gasteiger partial charge in [0, 0.05) is 65.0 Å². The second-order valence-electron chi connectivity index (χ2n) is 32.0. The number of esters is 3. The first-order valence-corrected chi connectivity index (χ1v) is 37.8. The molecule has 1 N–H and O–H groups in total. The number of pyridine rings is 3. The van der Waals surface area contributed by atoms with E-state index in [1.54, 1.807) is 36.8 Å². The van der Waals surface area contributed by atoms with Crippen LogP contribution in [-0.2, 0) is 45.7 Å². The molecule has 3 aromatic heterocycles. The van der Waals surface area contributed by atoms with Gasteiger partial charge in [0.1, 0.15) is 24.1 Å². The Bertz CT molecular complexity index is 4000. The van der Waals surface area contributed by atoms with Gasteiger partial charge in [0.15, 0.2) is 0 Å². The Kier molecular flexibility index (Phi) is 21.2. The topological polar surface area (TPSA) is 147 Å². The summed E-state index contributed by atoms with van der Waals surface area (Å²) in [5.74, 6) is 5.72. The van der Waals surface area contributed by atoms with E-state index in [1.165, 1.54) is 62.8 Å². The monoisotopic (exact) mass is 1430 g/mol. The minimum absolute atomic E-state index is 0.0209. The van der Waals surface area contributed by atoms with Gasteiger partial charge in [0.25, 0.3) is 0 Å². The van der Waals surface area contributed by atoms with E-state index in [9.17, 15) is 49.9 Å². The largest absolute Gasteiger partial charge is 0.462 e. The first-order valence-electron chi connectivity index (χ1n) is 37.8. The molecule has 18 heteroatoms. The van der Waals surface area contributed by atoms with Crippen molar-refractivity contribution >= 4 is 42.0 Å². The van der Waals surface area contributed by atoms with Crippen LogP contribution in [0.3, 0.4) is 0 Å². The van der Waals surface area contributed by atoms with Crippen molar-refractivity contribution in [1.82, 2.24) is 20.3 Å². The van der Waals surface area contributed by atoms with Gasteiger partial charge < -0.3 is 19.5 Å². The highest BCUT2D eigenvalue weighted by Gasteiger charge is 2.57. The van der Waals surface area contributed by atoms with Crippen LogP contribution in [0.25, 0.3) is 51.6 Å². The van der Waals surface area contributed by atoms with Crippen LogP contribution >= 0.6 is 0 Å². The fraction of sp³-hybridized carbons (Fsp3) is 0.500. The molecule has 11 nitrogen and oxygen atoms in total. The molecule has 7 saturated carbocycles. The van der Waals surface area contributed by atoms with Gasteiger partial charge in [-0.05, 0) is 252 Å². The summed E-state index contributed by atoms with van der Waals surface area (Å²) in [6.45, 7) is 10.7. The van der Waals surface area contributed by atoms with Crippen molar-refractivity contribution in [1.29, 1.82) is 0 Å². The molecule has 3 aliphatic heterocycles. The fourth-order valence-corrected chi connectivity index (χ4v) is 20.2. The van der Waals surface area contributed by atoms with Gasteiger partial charge >= 0.3 is 30.3 Å². The van der Waals surface area contributed by atoms with Crippen molar-refractivity contribution in [3.05, 3.63) is 180 Å². The zero-order valence-electron chi connectivity index (χ0n) is 59.5. The SMILES string of the molecule is C[C@@H]1CC[C@@H]2[C@@H](C1)C[C@H]1C(=O)O[C@H](C)[C@H]1[C@H]2/C=C/c1ccc(-c2cccc(C(F)(F)F)c2)cn1.C[C@@H]1CC[C@@H]2[C@@H](C1)C[C@H]1C(=O)O[C@H](C)[C@H]1[C@H]2/C=C/c1ccc(-c2cccc(C(F)(F)F)c2)cn1.C[C@H]1OC(=O)[C@@H]2C[C@@H]3C[C@H](NC(=O)C4CC4)CC[C@H]3[C@H](/C=C/c3ccc(-c4cccc(F)c4)cn3)[C@H]12. The summed E-state index contributed by atoms with van der Waals surface area (Å²) in [6.07, 6.45) is 23.7. The second-order valence-corrected chi connectivity index (χ2v) is 32.0. The minimum Gasteiger partial charge on any atom is -0.462 e. The van der Waals surface area contributed by atoms with Crippen molar-refractivity contribution in [2.45, 2.75) is 161 Å². The molecule has 16 rings (SSSR count). The van der Waals surface area contributed by atoms with Crippen molar-refractivity contribution in [2.24, 2.45) is 107 Å². The molecule has 3 aromatic carbocycles. The first-order chi connectivity index (χ1) is 49.9. The van der Waals surface area contributed by atoms with E-state index in [0.29, 0.717) is 69.6 Å². The molecular weight excluding hydrogens is 1330 g/mol. The zero-order valence-corrected chi connectivity index (χ0v) is 59.5. The molecule has 10 aliphatic rings. The van der Waals surface area contributed by atoms with E-state index in [1.807, 2.05) is 75.4 Å². The molecule has 0 unspecified atom stereocenters. The number of aromatic nitrogens is 3. The number of ether oxygens (including phenoxy) is 3. The number of fused-ring (bicyclic) bond motifs is 6. The molecule has 21 atom stereocenters. The Morgan fingerprint density at radius 1 is 0.433 bits per heavy atom. The lowest BCUT2D eigenvalue weighted by molar-refractivity contribution is -0.145. The predicted molar refractivity (Wildman–Crippen MR) is 383 cm³/mol. The van der Waals surface area contributed by atoms with E-state index in [2.05, 4.69) is 58.4 Å². The molecule has 104 heavy (non-hydrogen) atoms. The van der Waals surface area contributed by atoms with Crippen LogP contribution in [0.1, 0.15) is 153 Å². The van der Waals surface area contributed by atoms with Crippen LogP contribution in [-0.4, -0.2) is 63.1 Å². The average molecular weight is 1430 g/mol. The van der Waals surface area contributed by atoms with Gasteiger partial charge in [-0.1, -0.05) is 99.5 Å². The van der Waals surface area contributed by atoms with Crippen molar-refractivity contribution in [3.8, 4) is 33.4 Å². The first kappa shape index (κ1) is 72.7. The van der Waals surface area contributed by atoms with E-state index in [0.717, 1.165) is 104 Å². The number of nitrogens with zero attached hydrogens (tertiary/aromatic N) is 3. The molecule has 0 bridgehead atoms. The van der Waals surface area contributed by atoms with E-state index >= 15 is 0 Å². The number of hydrogen-bond acceptors (Lipinski definition) is 10. The Labute approximate surface area is 604 Å². The third-order valence-corrected chi connectivity index (χ3v) is 25.3. The van der Waals surface area contributed by atoms with Crippen LogP contribution in [0.15, 0.2) is 146 Å². The van der Waals surface area contributed by atoms with Crippen LogP contribution in [0.5, 0.6) is 0 Å². The van der Waals surface area contributed by atoms with Gasteiger partial charge in [-0.3, -0.25) is 34.1 Å². The molecule has 10 fully saturated rings. The third-order valence-electron chi connectivity index (χ3n) is 25.3. The quantitative estimate of drug-likeness (QED) is 0.0755. The van der Waals surface area contributed by atoms with Crippen LogP contribution in [0, 0.1) is 112 Å². The summed E-state index contributed by atoms with van der Waals surface area (Å²) in [7, 11) is 0. The van der Waals surface area contributed by atoms with Crippen LogP contribution in [0.2, 0.25) is 0 Å². The maximum Gasteiger partial charge on any atom is 0.416 e. The van der Waals surface area contributed by atoms with Gasteiger partial charge in [-0.2, -0.15) is 26.3 Å². The lowest BCUT2D eigenvalue weighted by Crippen LogP contribution is -2.48. The van der Waals surface area contributed by atoms with E-state index in [-0.39, 0.29) is 113 Å². The maximum absolute atomic E-state index is 13.6. The second kappa shape index (κ2) is 30.3. The number of carbonyl (C=O) groups is 4. The molecule has 3 saturated heterocycles. The third kappa shape index (κ3) is 16.0. The standard InChI is InChI=1S/C30H33FN2O3.2C28H30F3NO2/c1-17-28-26(12-9-23-8-7-20(16-32-23)19-3-2-4-22(31)13-19)25-11-10-24(33-29(34)18-5-6-18)14-21(25)15-27(28)30(35)36-17;2*1-16-6-10-23-20(12-16)14-25-26(17(2)34-27(25)33)24(23)11-9-22-8-7-19(15-32-22)18-4-3-5-21(13-18)28(29,30)31/h2-4,7-9,12-13,16-18,21,24-28H,5-6,10-11,14-15H2,1H3,(H,33,34);2*3-5,7-9,11,13,15-17,20,23-26H,6,10,12,14H2,1-2H3/b12-9+;2*11-9+/t17-,21+,24-,25-,26+,27-,28+;2*16-,17-,20+,23-,24+,25-,26+/m111/s1. The molecule has 548 valence electrons. The normalized spacial score (nSPS) is 33.5. The van der Waals surface area contributed by atoms with Crippen molar-refractivity contribution < 1.29 is 64.1 Å². The Morgan fingerprint density at radius 3 is 1.15 bits per heavy atom. The summed E-state index contributed by atoms with van der Waals surface area (Å²) < 4.78 is 109. The lowest BCUT2D eigenvalue weighted by Gasteiger charge is -2.47. The van der Waals surface area contributed by atoms with Crippen molar-refractivity contribution in [2.75, 3.05) is 0 Å². The number of benzene rings is 3. The number of rotatable bonds is 11. The molecule has 6 aromatic rings. The van der Waals surface area contributed by atoms with Gasteiger partial charge in [0.2, 0.25) is 5.91 Å². The number of hydrogen-bond donors (Lipinski definition) is 1. The zero-order chi connectivity index (χ0) is 72.9. The number of carbonyl (C=O) groups excluding carboxylic acids is 4. The Hall–Kier alpha value is -8.28. The number of nitrogens with one attached hydrogen (secondary N) is 1. The summed E-state index contributed by atoms with van der Waals surface area (Å²) >= 11 is 0. The molecule has 0 radical (unpaired) electrons. The fourth-order valence-electron chi connectivity index (χ4n) is 20.2. The molecule has 7 aliphatic carbocycles. The number of cyclic esters (lactones) is 3. The molecule has 0 spiro atoms. The highest BCUT2D eigenvalue weighted by atomic mass is 19.4. The number of alkyl halides is 6. The predicted octanol–water partition coefficient (Wildman–Crippen LogP) is 19.5. The number of halogens is 7. The highest BCUT2D eigenvalue weighted by Crippen LogP contribution is 2.58. The molecular formula is C86H93F7N4O7. The maximum atomic E-state index is 13.6. The highest BCUT2D eigenvalue weighted by molar-refractivity contribution is 5.81. The molecule has 6 heterocycles. The summed E-state index contributed by atoms with van der Waals surface area (Å²) in [4.78, 5) is 63.7. The van der Waals surface area contributed by atoms with Crippen molar-refractivity contribution in [3.63, 3.8) is 0 Å². The average Bonchev–Trinajstić information content (AvgIpc) is 1.52. The van der Waals surface area contributed by atoms with E-state index < -0.39 is 23.5 Å². The lowest BCUT2D eigenvalue weighted by atomic mass is 9.56.